The second-order valence-corrected chi connectivity index (χ2v) is 15.6. The van der Waals surface area contributed by atoms with Crippen LogP contribution in [0.4, 0.5) is 4.79 Å². The van der Waals surface area contributed by atoms with Gasteiger partial charge in [-0.2, -0.15) is 0 Å². The number of aryl methyl sites for hydroxylation is 5. The first-order valence-corrected chi connectivity index (χ1v) is 19.8. The summed E-state index contributed by atoms with van der Waals surface area (Å²) < 4.78 is 25.9. The zero-order valence-corrected chi connectivity index (χ0v) is 35.3. The van der Waals surface area contributed by atoms with Crippen LogP contribution < -0.4 is 10.1 Å². The number of hydrogen-bond donors (Lipinski definition) is 1. The number of aromatic nitrogens is 3. The molecule has 0 fully saturated rings. The SMILES string of the molecule is CCOC(=O)c1c(C(CC)Oc2cc(C)c(Cl)c(C)c2)c2ccc(Cl)c(-c3c(C)nc(COCc4ccccc4)nc3C)c2n1CCCNC(=O)OC(C)(C)C. The molecule has 2 aromatic heterocycles. The lowest BCUT2D eigenvalue weighted by atomic mass is 9.96. The van der Waals surface area contributed by atoms with E-state index in [1.54, 1.807) is 6.92 Å². The van der Waals surface area contributed by atoms with Crippen LogP contribution in [-0.2, 0) is 34.0 Å². The molecule has 3 aromatic carbocycles. The van der Waals surface area contributed by atoms with Gasteiger partial charge in [0, 0.05) is 51.6 Å². The van der Waals surface area contributed by atoms with Gasteiger partial charge in [-0.25, -0.2) is 19.6 Å². The smallest absolute Gasteiger partial charge is 0.407 e. The minimum absolute atomic E-state index is 0.167. The van der Waals surface area contributed by atoms with E-state index in [0.717, 1.165) is 27.6 Å². The van der Waals surface area contributed by atoms with Crippen LogP contribution in [0, 0.1) is 27.7 Å². The van der Waals surface area contributed by atoms with Gasteiger partial charge >= 0.3 is 12.1 Å². The van der Waals surface area contributed by atoms with Crippen molar-refractivity contribution in [3.8, 4) is 16.9 Å². The highest BCUT2D eigenvalue weighted by atomic mass is 35.5. The molecule has 56 heavy (non-hydrogen) atoms. The van der Waals surface area contributed by atoms with Gasteiger partial charge in [-0.3, -0.25) is 0 Å². The summed E-state index contributed by atoms with van der Waals surface area (Å²) in [7, 11) is 0. The Morgan fingerprint density at radius 1 is 0.893 bits per heavy atom. The molecule has 0 aliphatic carbocycles. The van der Waals surface area contributed by atoms with Crippen molar-refractivity contribution in [2.24, 2.45) is 0 Å². The van der Waals surface area contributed by atoms with Gasteiger partial charge in [-0.15, -0.1) is 0 Å². The maximum Gasteiger partial charge on any atom is 0.407 e. The summed E-state index contributed by atoms with van der Waals surface area (Å²) in [5.41, 5.74) is 6.76. The fourth-order valence-electron chi connectivity index (χ4n) is 6.93. The molecule has 2 heterocycles. The average Bonchev–Trinajstić information content (AvgIpc) is 3.45. The maximum absolute atomic E-state index is 14.2. The molecule has 12 heteroatoms. The van der Waals surface area contributed by atoms with Gasteiger partial charge in [0.2, 0.25) is 0 Å². The van der Waals surface area contributed by atoms with Gasteiger partial charge < -0.3 is 28.8 Å². The molecule has 0 aliphatic rings. The van der Waals surface area contributed by atoms with E-state index >= 15 is 0 Å². The van der Waals surface area contributed by atoms with Gasteiger partial charge in [0.1, 0.15) is 29.8 Å². The molecule has 10 nitrogen and oxygen atoms in total. The summed E-state index contributed by atoms with van der Waals surface area (Å²) in [4.78, 5) is 36.5. The number of esters is 1. The van der Waals surface area contributed by atoms with Crippen molar-refractivity contribution in [3.05, 3.63) is 110 Å². The molecule has 1 amide bonds. The predicted octanol–water partition coefficient (Wildman–Crippen LogP) is 11.0. The number of halogens is 2. The van der Waals surface area contributed by atoms with Gasteiger partial charge in [-0.1, -0.05) is 66.5 Å². The molecule has 1 atom stereocenters. The molecule has 0 spiro atoms. The number of fused-ring (bicyclic) bond motifs is 1. The molecule has 0 bridgehead atoms. The first-order valence-electron chi connectivity index (χ1n) is 19.0. The van der Waals surface area contributed by atoms with Gasteiger partial charge in [0.05, 0.1) is 23.8 Å². The van der Waals surface area contributed by atoms with E-state index in [4.69, 9.17) is 52.1 Å². The van der Waals surface area contributed by atoms with E-state index < -0.39 is 23.8 Å². The lowest BCUT2D eigenvalue weighted by Gasteiger charge is -2.21. The second kappa shape index (κ2) is 18.5. The van der Waals surface area contributed by atoms with Crippen LogP contribution in [0.3, 0.4) is 0 Å². The number of nitrogens with zero attached hydrogens (tertiary/aromatic N) is 3. The fraction of sp³-hybridized carbons (Fsp3) is 0.409. The van der Waals surface area contributed by atoms with Crippen LogP contribution in [0.15, 0.2) is 54.6 Å². The van der Waals surface area contributed by atoms with Crippen molar-refractivity contribution in [2.75, 3.05) is 13.2 Å². The number of hydrogen-bond acceptors (Lipinski definition) is 8. The minimum atomic E-state index is -0.643. The first-order chi connectivity index (χ1) is 26.6. The molecule has 5 rings (SSSR count). The Labute approximate surface area is 339 Å². The summed E-state index contributed by atoms with van der Waals surface area (Å²) >= 11 is 13.7. The number of alkyl carbamates (subject to hydrolysis) is 1. The topological polar surface area (TPSA) is 114 Å². The van der Waals surface area contributed by atoms with Crippen molar-refractivity contribution in [1.82, 2.24) is 19.9 Å². The Bertz CT molecular complexity index is 2150. The quantitative estimate of drug-likeness (QED) is 0.0822. The average molecular weight is 804 g/mol. The third-order valence-corrected chi connectivity index (χ3v) is 10.1. The number of amides is 1. The number of carbonyl (C=O) groups excluding carboxylic acids is 2. The molecule has 298 valence electrons. The summed E-state index contributed by atoms with van der Waals surface area (Å²) in [6.45, 7) is 18.4. The van der Waals surface area contributed by atoms with Crippen molar-refractivity contribution >= 4 is 46.2 Å². The second-order valence-electron chi connectivity index (χ2n) is 14.8. The third-order valence-electron chi connectivity index (χ3n) is 9.20. The zero-order chi connectivity index (χ0) is 40.7. The van der Waals surface area contributed by atoms with Crippen LogP contribution in [0.2, 0.25) is 10.0 Å². The molecule has 0 saturated carbocycles. The highest BCUT2D eigenvalue weighted by Gasteiger charge is 2.33. The Balaban J connectivity index is 1.66. The number of ether oxygens (including phenoxy) is 4. The van der Waals surface area contributed by atoms with E-state index in [0.29, 0.717) is 81.3 Å². The Kier molecular flexibility index (Phi) is 14.1. The third kappa shape index (κ3) is 10.0. The van der Waals surface area contributed by atoms with Gasteiger partial charge in [0.25, 0.3) is 0 Å². The monoisotopic (exact) mass is 802 g/mol. The van der Waals surface area contributed by atoms with Crippen LogP contribution in [0.1, 0.15) is 104 Å². The maximum atomic E-state index is 14.2. The number of carbonyl (C=O) groups is 2. The highest BCUT2D eigenvalue weighted by Crippen LogP contribution is 2.44. The molecule has 0 radical (unpaired) electrons. The van der Waals surface area contributed by atoms with Crippen LogP contribution in [-0.4, -0.2) is 45.4 Å². The van der Waals surface area contributed by atoms with Crippen molar-refractivity contribution in [2.45, 2.75) is 107 Å². The molecule has 0 aliphatic heterocycles. The predicted molar refractivity (Wildman–Crippen MR) is 222 cm³/mol. The number of benzene rings is 3. The lowest BCUT2D eigenvalue weighted by Crippen LogP contribution is -2.33. The standard InChI is InChI=1S/C44H52Cl2N4O6/c1-10-34(55-31-22-26(3)39(46)27(4)23-31)37-32-18-19-33(45)38(36-28(5)48-35(49-29(36)6)25-53-24-30-16-13-12-14-17-30)40(32)50(41(37)42(51)54-11-2)21-15-20-47-43(52)56-44(7,8)9/h12-14,16-19,22-23,34H,10-11,15,20-21,24-25H2,1-9H3,(H,47,52). The minimum Gasteiger partial charge on any atom is -0.486 e. The number of nitrogens with one attached hydrogen (secondary N) is 1. The number of rotatable bonds is 15. The molecule has 5 aromatic rings. The molecular weight excluding hydrogens is 751 g/mol. The van der Waals surface area contributed by atoms with Gasteiger partial charge in [0.15, 0.2) is 5.82 Å². The van der Waals surface area contributed by atoms with E-state index in [-0.39, 0.29) is 19.8 Å². The summed E-state index contributed by atoms with van der Waals surface area (Å²) in [5.74, 6) is 0.683. The van der Waals surface area contributed by atoms with Crippen LogP contribution in [0.5, 0.6) is 5.75 Å². The van der Waals surface area contributed by atoms with E-state index in [2.05, 4.69) is 5.32 Å². The van der Waals surface area contributed by atoms with Gasteiger partial charge in [-0.05, 0) is 103 Å². The molecule has 0 saturated heterocycles. The Morgan fingerprint density at radius 3 is 2.16 bits per heavy atom. The van der Waals surface area contributed by atoms with Crippen LogP contribution in [0.25, 0.3) is 22.0 Å². The molecule has 1 unspecified atom stereocenters. The summed E-state index contributed by atoms with van der Waals surface area (Å²) in [6, 6.07) is 17.5. The Hall–Kier alpha value is -4.64. The fourth-order valence-corrected chi connectivity index (χ4v) is 7.29. The first kappa shape index (κ1) is 42.5. The largest absolute Gasteiger partial charge is 0.486 e. The molecule has 1 N–H and O–H groups in total. The molecular formula is C44H52Cl2N4O6. The van der Waals surface area contributed by atoms with E-state index in [1.165, 1.54) is 0 Å². The zero-order valence-electron chi connectivity index (χ0n) is 33.8. The Morgan fingerprint density at radius 2 is 1.55 bits per heavy atom. The van der Waals surface area contributed by atoms with Crippen molar-refractivity contribution in [3.63, 3.8) is 0 Å². The summed E-state index contributed by atoms with van der Waals surface area (Å²) in [5, 5.41) is 4.76. The van der Waals surface area contributed by atoms with E-state index in [9.17, 15) is 9.59 Å². The summed E-state index contributed by atoms with van der Waals surface area (Å²) in [6.07, 6.45) is -0.0903. The van der Waals surface area contributed by atoms with Crippen LogP contribution >= 0.6 is 23.2 Å². The normalized spacial score (nSPS) is 12.1. The highest BCUT2D eigenvalue weighted by molar-refractivity contribution is 6.35. The lowest BCUT2D eigenvalue weighted by molar-refractivity contribution is 0.0499. The van der Waals surface area contributed by atoms with Crippen molar-refractivity contribution in [1.29, 1.82) is 0 Å². The van der Waals surface area contributed by atoms with E-state index in [1.807, 2.05) is 115 Å². The van der Waals surface area contributed by atoms with Crippen molar-refractivity contribution < 1.29 is 28.5 Å².